The Kier molecular flexibility index (Phi) is 23.2. The molecule has 0 saturated carbocycles. The van der Waals surface area contributed by atoms with Crippen LogP contribution >= 0.6 is 11.3 Å². The second kappa shape index (κ2) is 24.0. The summed E-state index contributed by atoms with van der Waals surface area (Å²) in [5, 5.41) is 20.8. The van der Waals surface area contributed by atoms with E-state index in [2.05, 4.69) is 18.3 Å². The summed E-state index contributed by atoms with van der Waals surface area (Å²) in [4.78, 5) is 8.68. The first-order valence-corrected chi connectivity index (χ1v) is 18.7. The van der Waals surface area contributed by atoms with Gasteiger partial charge in [-0.3, -0.25) is 9.97 Å². The molecule has 0 bridgehead atoms. The molecular weight excluding hydrogens is 995 g/mol. The zero-order valence-corrected chi connectivity index (χ0v) is 40.9. The van der Waals surface area contributed by atoms with Gasteiger partial charge in [0.2, 0.25) is 0 Å². The Labute approximate surface area is 434 Å². The molecular formula is C32H22EuF3N2Na3O11S4. The molecule has 0 spiro atoms. The summed E-state index contributed by atoms with van der Waals surface area (Å²) >= 11 is -4.50. The maximum atomic E-state index is 12.1. The molecule has 2 N–H and O–H groups in total. The molecule has 4 atom stereocenters. The molecule has 3 heterocycles. The third-order valence-electron chi connectivity index (χ3n) is 7.32. The largest absolute Gasteiger partial charge is 1.00 e. The molecule has 13 nitrogen and oxygen atoms in total. The number of hydrogen-bond acceptors (Lipinski definition) is 14. The van der Waals surface area contributed by atoms with Gasteiger partial charge < -0.3 is 32.2 Å². The minimum absolute atomic E-state index is 0. The van der Waals surface area contributed by atoms with Gasteiger partial charge in [0.25, 0.3) is 0 Å². The minimum Gasteiger partial charge on any atom is -0.744 e. The van der Waals surface area contributed by atoms with Crippen LogP contribution in [0.5, 0.6) is 11.5 Å². The van der Waals surface area contributed by atoms with Crippen LogP contribution in [0, 0.1) is 49.4 Å². The first-order chi connectivity index (χ1) is 24.5. The Hall–Kier alpha value is 0.204. The maximum Gasteiger partial charge on any atom is 1.00 e. The molecule has 3 aromatic carbocycles. The van der Waals surface area contributed by atoms with Crippen molar-refractivity contribution in [3.8, 4) is 33.8 Å². The van der Waals surface area contributed by atoms with Crippen molar-refractivity contribution in [2.75, 3.05) is 0 Å². The molecule has 0 saturated heterocycles. The second-order valence-electron chi connectivity index (χ2n) is 10.6. The number of nitrogens with zero attached hydrogens (tertiary/aromatic N) is 2. The van der Waals surface area contributed by atoms with Gasteiger partial charge in [0.1, 0.15) is 44.3 Å². The van der Waals surface area contributed by atoms with Crippen molar-refractivity contribution >= 4 is 66.0 Å². The van der Waals surface area contributed by atoms with E-state index in [0.29, 0.717) is 32.2 Å². The van der Waals surface area contributed by atoms with Gasteiger partial charge in [-0.05, 0) is 70.6 Å². The molecule has 1 radical (unpaired) electrons. The van der Waals surface area contributed by atoms with Crippen LogP contribution in [-0.4, -0.2) is 63.0 Å². The third-order valence-corrected chi connectivity index (χ3v) is 9.83. The van der Waals surface area contributed by atoms with E-state index in [1.165, 1.54) is 42.6 Å². The smallest absolute Gasteiger partial charge is 0.744 e. The predicted molar refractivity (Wildman–Crippen MR) is 181 cm³/mol. The van der Waals surface area contributed by atoms with E-state index in [1.807, 2.05) is 0 Å². The third kappa shape index (κ3) is 14.4. The van der Waals surface area contributed by atoms with Crippen molar-refractivity contribution in [2.45, 2.75) is 29.7 Å². The molecule has 3 aromatic heterocycles. The van der Waals surface area contributed by atoms with Crippen LogP contribution in [0.15, 0.2) is 102 Å². The number of hydrogen-bond donors (Lipinski definition) is 2. The summed E-state index contributed by atoms with van der Waals surface area (Å²) in [7, 11) is -5.02. The number of halogens is 3. The van der Waals surface area contributed by atoms with Crippen molar-refractivity contribution in [2.24, 2.45) is 0 Å². The first-order valence-electron chi connectivity index (χ1n) is 14.4. The molecule has 0 aliphatic heterocycles. The number of fused-ring (bicyclic) bond motifs is 3. The number of aliphatic hydroxyl groups is 2. The van der Waals surface area contributed by atoms with E-state index < -0.39 is 62.5 Å². The first kappa shape index (κ1) is 54.2. The molecule has 6 rings (SSSR count). The van der Waals surface area contributed by atoms with E-state index in [1.54, 1.807) is 48.0 Å². The van der Waals surface area contributed by atoms with Crippen LogP contribution < -0.4 is 97.0 Å². The molecule has 4 unspecified atom stereocenters. The predicted octanol–water partition coefficient (Wildman–Crippen LogP) is -3.53. The number of pyridine rings is 2. The van der Waals surface area contributed by atoms with Gasteiger partial charge in [0.05, 0.1) is 22.0 Å². The van der Waals surface area contributed by atoms with Gasteiger partial charge in [0, 0.05) is 89.4 Å². The van der Waals surface area contributed by atoms with Gasteiger partial charge in [0.15, 0.2) is 6.10 Å². The van der Waals surface area contributed by atoms with Gasteiger partial charge in [-0.25, -0.2) is 16.8 Å². The number of alkyl halides is 3. The number of aliphatic hydroxyl groups excluding tert-OH is 2. The molecule has 0 aliphatic carbocycles. The molecule has 281 valence electrons. The van der Waals surface area contributed by atoms with E-state index in [4.69, 9.17) is 5.11 Å². The Bertz CT molecular complexity index is 2380. The van der Waals surface area contributed by atoms with Crippen molar-refractivity contribution in [1.82, 2.24) is 9.97 Å². The summed E-state index contributed by atoms with van der Waals surface area (Å²) in [6, 6.07) is 19.7. The SMILES string of the molecule is O=S([O-])Oc1ccc(-c2ccnc3c2ccc2c(-c4ccc(OS(=O)[O-])cc4S(=O)(=O)[O-])ccnc23)cc1.OC(CC(O)C(F)(F)F)c1cccs1.[Eu].[Na+].[Na+].[Na+]. The van der Waals surface area contributed by atoms with Gasteiger partial charge >= 0.3 is 94.8 Å². The molecule has 56 heavy (non-hydrogen) atoms. The van der Waals surface area contributed by atoms with E-state index in [9.17, 15) is 48.8 Å². The average molecular weight is 1020 g/mol. The summed E-state index contributed by atoms with van der Waals surface area (Å²) < 4.78 is 124. The Balaban J connectivity index is 0.000000747. The van der Waals surface area contributed by atoms with E-state index >= 15 is 0 Å². The van der Waals surface area contributed by atoms with Crippen LogP contribution in [-0.2, 0) is 32.8 Å². The summed E-state index contributed by atoms with van der Waals surface area (Å²) in [6.45, 7) is 0. The van der Waals surface area contributed by atoms with Crippen LogP contribution in [0.25, 0.3) is 44.1 Å². The quantitative estimate of drug-likeness (QED) is 0.0589. The zero-order chi connectivity index (χ0) is 37.8. The van der Waals surface area contributed by atoms with Crippen molar-refractivity contribution in [1.29, 1.82) is 0 Å². The van der Waals surface area contributed by atoms with Crippen LogP contribution in [0.4, 0.5) is 13.2 Å². The Morgan fingerprint density at radius 2 is 1.29 bits per heavy atom. The number of aromatic nitrogens is 2. The monoisotopic (exact) mass is 1020 g/mol. The van der Waals surface area contributed by atoms with Gasteiger partial charge in [-0.1, -0.05) is 30.3 Å². The van der Waals surface area contributed by atoms with Crippen molar-refractivity contribution < 1.29 is 200 Å². The molecule has 0 fully saturated rings. The summed E-state index contributed by atoms with van der Waals surface area (Å²) in [6.07, 6.45) is -6.10. The average Bonchev–Trinajstić information content (AvgIpc) is 3.63. The number of benzene rings is 3. The molecule has 24 heteroatoms. The Morgan fingerprint density at radius 3 is 1.79 bits per heavy atom. The molecule has 6 aromatic rings. The van der Waals surface area contributed by atoms with Crippen molar-refractivity contribution in [3.05, 3.63) is 102 Å². The topological polar surface area (TPSA) is 222 Å². The minimum atomic E-state index is -5.02. The van der Waals surface area contributed by atoms with Crippen molar-refractivity contribution in [3.63, 3.8) is 0 Å². The maximum absolute atomic E-state index is 12.1. The summed E-state index contributed by atoms with van der Waals surface area (Å²) in [5.41, 5.74) is 2.85. The van der Waals surface area contributed by atoms with E-state index in [0.717, 1.165) is 28.5 Å². The van der Waals surface area contributed by atoms with Crippen LogP contribution in [0.2, 0.25) is 0 Å². The molecule has 0 aliphatic rings. The fourth-order valence-electron chi connectivity index (χ4n) is 5.09. The Morgan fingerprint density at radius 1 is 0.768 bits per heavy atom. The normalized spacial score (nSPS) is 13.2. The van der Waals surface area contributed by atoms with E-state index in [-0.39, 0.29) is 155 Å². The fraction of sp³-hybridized carbons (Fsp3) is 0.125. The summed E-state index contributed by atoms with van der Waals surface area (Å²) in [5.74, 6) is -0.177. The zero-order valence-electron chi connectivity index (χ0n) is 29.2. The van der Waals surface area contributed by atoms with Gasteiger partial charge in [-0.15, -0.1) is 11.3 Å². The molecule has 0 amide bonds. The van der Waals surface area contributed by atoms with Crippen LogP contribution in [0.3, 0.4) is 0 Å². The fourth-order valence-corrected chi connectivity index (χ4v) is 7.05. The van der Waals surface area contributed by atoms with Crippen LogP contribution in [0.1, 0.15) is 17.4 Å². The standard InChI is InChI=1S/C24H16N2O9S3.C8H9F3O2S.Eu.3Na/c27-36(28)34-15-3-1-14(2-4-15)17-9-11-25-23-20(17)7-8-21-18(10-12-26-24(21)23)19-6-5-16(35-37(29)30)13-22(19)38(31,32)33;9-8(10,11)7(13)4-5(12)6-2-1-3-14-6;;;;/h1-13H,(H,27,28)(H,29,30)(H,31,32,33);1-3,5,7,12-13H,4H2;;;;/q;;;3*+1/p-3. The second-order valence-corrected chi connectivity index (χ2v) is 14.1. The van der Waals surface area contributed by atoms with Gasteiger partial charge in [-0.2, -0.15) is 13.2 Å². The number of rotatable bonds is 10. The number of thiophene rings is 1.